The normalized spacial score (nSPS) is 19.6. The van der Waals surface area contributed by atoms with E-state index in [-0.39, 0.29) is 5.95 Å². The third-order valence-electron chi connectivity index (χ3n) is 3.66. The standard InChI is InChI=1S/C12H23N7/c1-3-19-6-4-5-9(19)8-18(2)11-7-10(17-14)15-12(13)16-11/h7,9H,3-6,8,14H2,1-2H3,(H3,13,15,16,17). The third-order valence-corrected chi connectivity index (χ3v) is 3.66. The van der Waals surface area contributed by atoms with Gasteiger partial charge >= 0.3 is 0 Å². The molecule has 2 heterocycles. The van der Waals surface area contributed by atoms with E-state index in [1.165, 1.54) is 19.4 Å². The molecule has 7 heteroatoms. The molecule has 2 rings (SSSR count). The summed E-state index contributed by atoms with van der Waals surface area (Å²) in [4.78, 5) is 12.9. The van der Waals surface area contributed by atoms with Crippen LogP contribution in [-0.4, -0.2) is 47.6 Å². The number of likely N-dealkylation sites (N-methyl/N-ethyl adjacent to an activating group) is 2. The van der Waals surface area contributed by atoms with Crippen molar-refractivity contribution < 1.29 is 0 Å². The topological polar surface area (TPSA) is 96.3 Å². The molecule has 7 nitrogen and oxygen atoms in total. The number of hydrazine groups is 1. The molecule has 1 atom stereocenters. The number of aromatic nitrogens is 2. The van der Waals surface area contributed by atoms with E-state index in [2.05, 4.69) is 32.1 Å². The smallest absolute Gasteiger partial charge is 0.223 e. The number of nitrogen functional groups attached to an aromatic ring is 2. The summed E-state index contributed by atoms with van der Waals surface area (Å²) in [5.74, 6) is 6.93. The van der Waals surface area contributed by atoms with Crippen molar-refractivity contribution in [2.75, 3.05) is 42.7 Å². The number of nitrogens with two attached hydrogens (primary N) is 2. The molecule has 0 aliphatic carbocycles. The zero-order chi connectivity index (χ0) is 13.8. The second-order valence-corrected chi connectivity index (χ2v) is 4.92. The molecule has 1 aromatic heterocycles. The first-order valence-corrected chi connectivity index (χ1v) is 6.70. The van der Waals surface area contributed by atoms with E-state index in [4.69, 9.17) is 11.6 Å². The second-order valence-electron chi connectivity index (χ2n) is 4.92. The van der Waals surface area contributed by atoms with Crippen molar-refractivity contribution >= 4 is 17.6 Å². The van der Waals surface area contributed by atoms with E-state index in [1.807, 2.05) is 13.1 Å². The lowest BCUT2D eigenvalue weighted by Crippen LogP contribution is -2.39. The van der Waals surface area contributed by atoms with Crippen molar-refractivity contribution in [3.63, 3.8) is 0 Å². The van der Waals surface area contributed by atoms with Gasteiger partial charge in [-0.05, 0) is 25.9 Å². The molecule has 0 aromatic carbocycles. The molecule has 0 bridgehead atoms. The predicted octanol–water partition coefficient (Wildman–Crippen LogP) is 0.265. The van der Waals surface area contributed by atoms with Crippen LogP contribution in [0, 0.1) is 0 Å². The van der Waals surface area contributed by atoms with E-state index in [0.29, 0.717) is 11.9 Å². The van der Waals surface area contributed by atoms with Gasteiger partial charge in [0, 0.05) is 25.7 Å². The SMILES string of the molecule is CCN1CCCC1CN(C)c1cc(NN)nc(N)n1. The summed E-state index contributed by atoms with van der Waals surface area (Å²) in [5.41, 5.74) is 8.19. The molecule has 0 spiro atoms. The molecule has 0 amide bonds. The minimum absolute atomic E-state index is 0.232. The molecular formula is C12H23N7. The Balaban J connectivity index is 2.06. The maximum Gasteiger partial charge on any atom is 0.223 e. The van der Waals surface area contributed by atoms with Crippen LogP contribution in [0.1, 0.15) is 19.8 Å². The molecule has 1 aromatic rings. The summed E-state index contributed by atoms with van der Waals surface area (Å²) in [6.07, 6.45) is 2.51. The van der Waals surface area contributed by atoms with E-state index in [9.17, 15) is 0 Å². The molecule has 5 N–H and O–H groups in total. The van der Waals surface area contributed by atoms with Crippen molar-refractivity contribution in [3.8, 4) is 0 Å². The van der Waals surface area contributed by atoms with Gasteiger partial charge in [-0.15, -0.1) is 0 Å². The van der Waals surface area contributed by atoms with Crippen LogP contribution in [0.15, 0.2) is 6.07 Å². The fourth-order valence-electron chi connectivity index (χ4n) is 2.65. The summed E-state index contributed by atoms with van der Waals surface area (Å²) in [7, 11) is 2.02. The van der Waals surface area contributed by atoms with E-state index >= 15 is 0 Å². The first-order chi connectivity index (χ1) is 9.13. The molecule has 0 radical (unpaired) electrons. The number of rotatable bonds is 5. The van der Waals surface area contributed by atoms with Gasteiger partial charge < -0.3 is 16.1 Å². The van der Waals surface area contributed by atoms with Crippen LogP contribution in [0.2, 0.25) is 0 Å². The largest absolute Gasteiger partial charge is 0.368 e. The third kappa shape index (κ3) is 3.24. The van der Waals surface area contributed by atoms with Crippen LogP contribution in [0.5, 0.6) is 0 Å². The van der Waals surface area contributed by atoms with Gasteiger partial charge in [-0.25, -0.2) is 5.84 Å². The van der Waals surface area contributed by atoms with Gasteiger partial charge in [0.25, 0.3) is 0 Å². The maximum absolute atomic E-state index is 5.68. The van der Waals surface area contributed by atoms with Crippen molar-refractivity contribution in [1.29, 1.82) is 0 Å². The van der Waals surface area contributed by atoms with Crippen molar-refractivity contribution in [2.45, 2.75) is 25.8 Å². The van der Waals surface area contributed by atoms with Crippen molar-refractivity contribution in [2.24, 2.45) is 5.84 Å². The monoisotopic (exact) mass is 265 g/mol. The number of hydrogen-bond donors (Lipinski definition) is 3. The molecule has 106 valence electrons. The minimum atomic E-state index is 0.232. The number of likely N-dealkylation sites (tertiary alicyclic amines) is 1. The molecule has 19 heavy (non-hydrogen) atoms. The number of anilines is 3. The van der Waals surface area contributed by atoms with Crippen LogP contribution in [0.25, 0.3) is 0 Å². The first kappa shape index (κ1) is 13.8. The van der Waals surface area contributed by atoms with Crippen molar-refractivity contribution in [3.05, 3.63) is 6.07 Å². The Hall–Kier alpha value is -1.60. The average Bonchev–Trinajstić information content (AvgIpc) is 2.85. The highest BCUT2D eigenvalue weighted by molar-refractivity contribution is 5.51. The molecule has 1 saturated heterocycles. The van der Waals surface area contributed by atoms with Crippen LogP contribution in [0.4, 0.5) is 17.6 Å². The Morgan fingerprint density at radius 1 is 1.53 bits per heavy atom. The minimum Gasteiger partial charge on any atom is -0.368 e. The maximum atomic E-state index is 5.68. The summed E-state index contributed by atoms with van der Waals surface area (Å²) >= 11 is 0. The number of nitrogens with one attached hydrogen (secondary N) is 1. The van der Waals surface area contributed by atoms with E-state index < -0.39 is 0 Å². The zero-order valence-corrected chi connectivity index (χ0v) is 11.6. The van der Waals surface area contributed by atoms with Gasteiger partial charge in [-0.2, -0.15) is 9.97 Å². The first-order valence-electron chi connectivity index (χ1n) is 6.70. The lowest BCUT2D eigenvalue weighted by atomic mass is 10.2. The highest BCUT2D eigenvalue weighted by Gasteiger charge is 2.24. The highest BCUT2D eigenvalue weighted by Crippen LogP contribution is 2.21. The van der Waals surface area contributed by atoms with Crippen molar-refractivity contribution in [1.82, 2.24) is 14.9 Å². The molecule has 0 saturated carbocycles. The highest BCUT2D eigenvalue weighted by atomic mass is 15.3. The Bertz CT molecular complexity index is 423. The van der Waals surface area contributed by atoms with Gasteiger partial charge in [-0.3, -0.25) is 4.90 Å². The summed E-state index contributed by atoms with van der Waals surface area (Å²) in [6.45, 7) is 5.43. The van der Waals surface area contributed by atoms with Crippen LogP contribution >= 0.6 is 0 Å². The summed E-state index contributed by atoms with van der Waals surface area (Å²) in [6, 6.07) is 2.39. The second kappa shape index (κ2) is 6.03. The molecule has 1 aliphatic heterocycles. The zero-order valence-electron chi connectivity index (χ0n) is 11.6. The predicted molar refractivity (Wildman–Crippen MR) is 77.8 cm³/mol. The van der Waals surface area contributed by atoms with Gasteiger partial charge in [0.1, 0.15) is 11.6 Å². The van der Waals surface area contributed by atoms with Gasteiger partial charge in [0.15, 0.2) is 0 Å². The molecule has 1 unspecified atom stereocenters. The Morgan fingerprint density at radius 2 is 2.32 bits per heavy atom. The average molecular weight is 265 g/mol. The van der Waals surface area contributed by atoms with Crippen LogP contribution in [-0.2, 0) is 0 Å². The number of hydrogen-bond acceptors (Lipinski definition) is 7. The van der Waals surface area contributed by atoms with Crippen LogP contribution < -0.4 is 21.9 Å². The molecule has 1 aliphatic rings. The Kier molecular flexibility index (Phi) is 4.39. The van der Waals surface area contributed by atoms with E-state index in [1.54, 1.807) is 0 Å². The van der Waals surface area contributed by atoms with Gasteiger partial charge in [0.05, 0.1) is 0 Å². The van der Waals surface area contributed by atoms with Gasteiger partial charge in [-0.1, -0.05) is 6.92 Å². The lowest BCUT2D eigenvalue weighted by Gasteiger charge is -2.28. The lowest BCUT2D eigenvalue weighted by molar-refractivity contribution is 0.270. The Morgan fingerprint density at radius 3 is 3.00 bits per heavy atom. The number of nitrogens with zero attached hydrogens (tertiary/aromatic N) is 4. The summed E-state index contributed by atoms with van der Waals surface area (Å²) < 4.78 is 0. The van der Waals surface area contributed by atoms with E-state index in [0.717, 1.165) is 18.9 Å². The molecular weight excluding hydrogens is 242 g/mol. The van der Waals surface area contributed by atoms with Gasteiger partial charge in [0.2, 0.25) is 5.95 Å². The van der Waals surface area contributed by atoms with Crippen LogP contribution in [0.3, 0.4) is 0 Å². The fourth-order valence-corrected chi connectivity index (χ4v) is 2.65. The quantitative estimate of drug-likeness (QED) is 0.519. The Labute approximate surface area is 114 Å². The fraction of sp³-hybridized carbons (Fsp3) is 0.667. The molecule has 1 fully saturated rings. The summed E-state index contributed by atoms with van der Waals surface area (Å²) in [5, 5.41) is 0.